The Morgan fingerprint density at radius 3 is 2.56 bits per heavy atom. The number of carbonyl (C=O) groups excluding carboxylic acids is 1. The number of fused-ring (bicyclic) bond motifs is 1. The summed E-state index contributed by atoms with van der Waals surface area (Å²) in [6.07, 6.45) is 3.40. The molecule has 4 heteroatoms. The largest absolute Gasteiger partial charge is 0.338 e. The standard InChI is InChI=1S/C21H33N3O/c1-17(2)15-23-11-13-24(14-12-23)16-21(25)22(3)20-10-6-8-18-7-4-5-9-19(18)20/h4-5,7,9,17,20H,6,8,10-16H2,1-3H3. The molecule has 1 heterocycles. The number of hydrogen-bond donors (Lipinski definition) is 0. The fourth-order valence-electron chi connectivity index (χ4n) is 4.25. The van der Waals surface area contributed by atoms with Gasteiger partial charge in [0.15, 0.2) is 0 Å². The minimum Gasteiger partial charge on any atom is -0.338 e. The summed E-state index contributed by atoms with van der Waals surface area (Å²) in [6, 6.07) is 8.88. The zero-order valence-corrected chi connectivity index (χ0v) is 16.1. The second-order valence-electron chi connectivity index (χ2n) is 8.08. The number of piperazine rings is 1. The van der Waals surface area contributed by atoms with E-state index in [9.17, 15) is 4.79 Å². The van der Waals surface area contributed by atoms with E-state index in [1.165, 1.54) is 24.1 Å². The molecule has 138 valence electrons. The Balaban J connectivity index is 1.54. The second kappa shape index (κ2) is 8.33. The molecule has 0 saturated carbocycles. The van der Waals surface area contributed by atoms with Crippen molar-refractivity contribution in [2.45, 2.75) is 39.2 Å². The van der Waals surface area contributed by atoms with Gasteiger partial charge >= 0.3 is 0 Å². The van der Waals surface area contributed by atoms with E-state index in [2.05, 4.69) is 47.9 Å². The highest BCUT2D eigenvalue weighted by molar-refractivity contribution is 5.78. The molecule has 1 aromatic carbocycles. The minimum absolute atomic E-state index is 0.250. The minimum atomic E-state index is 0.250. The summed E-state index contributed by atoms with van der Waals surface area (Å²) in [5.74, 6) is 0.977. The maximum atomic E-state index is 12.9. The van der Waals surface area contributed by atoms with Crippen LogP contribution in [0.3, 0.4) is 0 Å². The average molecular weight is 344 g/mol. The quantitative estimate of drug-likeness (QED) is 0.822. The molecule has 25 heavy (non-hydrogen) atoms. The summed E-state index contributed by atoms with van der Waals surface area (Å²) in [7, 11) is 1.99. The fraction of sp³-hybridized carbons (Fsp3) is 0.667. The zero-order valence-electron chi connectivity index (χ0n) is 16.1. The first-order valence-electron chi connectivity index (χ1n) is 9.82. The fourth-order valence-corrected chi connectivity index (χ4v) is 4.25. The lowest BCUT2D eigenvalue weighted by Crippen LogP contribution is -2.50. The van der Waals surface area contributed by atoms with Crippen molar-refractivity contribution in [2.24, 2.45) is 5.92 Å². The maximum Gasteiger partial charge on any atom is 0.237 e. The third kappa shape index (κ3) is 4.62. The number of nitrogens with zero attached hydrogens (tertiary/aromatic N) is 3. The van der Waals surface area contributed by atoms with Crippen molar-refractivity contribution in [2.75, 3.05) is 46.3 Å². The molecule has 1 aliphatic carbocycles. The molecule has 0 aromatic heterocycles. The van der Waals surface area contributed by atoms with Crippen molar-refractivity contribution in [1.82, 2.24) is 14.7 Å². The van der Waals surface area contributed by atoms with Crippen LogP contribution in [0.15, 0.2) is 24.3 Å². The van der Waals surface area contributed by atoms with E-state index in [1.807, 2.05) is 11.9 Å². The first-order chi connectivity index (χ1) is 12.0. The topological polar surface area (TPSA) is 26.8 Å². The van der Waals surface area contributed by atoms with Gasteiger partial charge < -0.3 is 9.80 Å². The number of likely N-dealkylation sites (N-methyl/N-ethyl adjacent to an activating group) is 1. The van der Waals surface area contributed by atoms with Crippen molar-refractivity contribution >= 4 is 5.91 Å². The van der Waals surface area contributed by atoms with Crippen LogP contribution in [0, 0.1) is 5.92 Å². The van der Waals surface area contributed by atoms with Crippen LogP contribution < -0.4 is 0 Å². The molecule has 1 amide bonds. The Morgan fingerprint density at radius 2 is 1.84 bits per heavy atom. The average Bonchev–Trinajstić information content (AvgIpc) is 2.62. The molecular weight excluding hydrogens is 310 g/mol. The van der Waals surface area contributed by atoms with Crippen molar-refractivity contribution in [3.63, 3.8) is 0 Å². The first kappa shape index (κ1) is 18.4. The third-order valence-corrected chi connectivity index (χ3v) is 5.65. The number of amides is 1. The molecule has 0 N–H and O–H groups in total. The molecule has 1 unspecified atom stereocenters. The van der Waals surface area contributed by atoms with E-state index in [4.69, 9.17) is 0 Å². The highest BCUT2D eigenvalue weighted by atomic mass is 16.2. The van der Waals surface area contributed by atoms with Gasteiger partial charge in [0.25, 0.3) is 0 Å². The smallest absolute Gasteiger partial charge is 0.237 e. The molecule has 0 spiro atoms. The van der Waals surface area contributed by atoms with Gasteiger partial charge in [-0.2, -0.15) is 0 Å². The van der Waals surface area contributed by atoms with Gasteiger partial charge in [0.1, 0.15) is 0 Å². The van der Waals surface area contributed by atoms with Crippen LogP contribution in [-0.2, 0) is 11.2 Å². The van der Waals surface area contributed by atoms with E-state index in [1.54, 1.807) is 0 Å². The third-order valence-electron chi connectivity index (χ3n) is 5.65. The first-order valence-corrected chi connectivity index (χ1v) is 9.82. The Kier molecular flexibility index (Phi) is 6.13. The Hall–Kier alpha value is -1.39. The van der Waals surface area contributed by atoms with Gasteiger partial charge in [-0.05, 0) is 36.3 Å². The normalized spacial score (nSPS) is 22.0. The molecule has 2 aliphatic rings. The van der Waals surface area contributed by atoms with E-state index in [0.717, 1.165) is 39.0 Å². The molecule has 1 saturated heterocycles. The van der Waals surface area contributed by atoms with Crippen LogP contribution in [0.5, 0.6) is 0 Å². The van der Waals surface area contributed by atoms with Gasteiger partial charge in [0, 0.05) is 39.8 Å². The highest BCUT2D eigenvalue weighted by Gasteiger charge is 2.28. The van der Waals surface area contributed by atoms with Crippen molar-refractivity contribution in [3.8, 4) is 0 Å². The van der Waals surface area contributed by atoms with Gasteiger partial charge in [-0.3, -0.25) is 9.69 Å². The van der Waals surface area contributed by atoms with Gasteiger partial charge in [-0.1, -0.05) is 38.1 Å². The van der Waals surface area contributed by atoms with E-state index in [0.29, 0.717) is 12.5 Å². The molecule has 1 fully saturated rings. The highest BCUT2D eigenvalue weighted by Crippen LogP contribution is 2.33. The van der Waals surface area contributed by atoms with Crippen LogP contribution >= 0.6 is 0 Å². The Labute approximate surface area is 152 Å². The molecule has 1 aromatic rings. The predicted octanol–water partition coefficient (Wildman–Crippen LogP) is 2.80. The van der Waals surface area contributed by atoms with Crippen LogP contribution in [-0.4, -0.2) is 66.9 Å². The van der Waals surface area contributed by atoms with Crippen LogP contribution in [0.4, 0.5) is 0 Å². The number of rotatable bonds is 5. The lowest BCUT2D eigenvalue weighted by molar-refractivity contribution is -0.134. The second-order valence-corrected chi connectivity index (χ2v) is 8.08. The molecule has 0 bridgehead atoms. The maximum absolute atomic E-state index is 12.9. The Morgan fingerprint density at radius 1 is 1.16 bits per heavy atom. The summed E-state index contributed by atoms with van der Waals surface area (Å²) in [5, 5.41) is 0. The number of benzene rings is 1. The summed E-state index contributed by atoms with van der Waals surface area (Å²) in [5.41, 5.74) is 2.77. The van der Waals surface area contributed by atoms with E-state index >= 15 is 0 Å². The number of hydrogen-bond acceptors (Lipinski definition) is 3. The lowest BCUT2D eigenvalue weighted by Gasteiger charge is -2.37. The molecule has 4 nitrogen and oxygen atoms in total. The van der Waals surface area contributed by atoms with Crippen LogP contribution in [0.25, 0.3) is 0 Å². The predicted molar refractivity (Wildman–Crippen MR) is 103 cm³/mol. The van der Waals surface area contributed by atoms with Gasteiger partial charge in [-0.15, -0.1) is 0 Å². The Bertz CT molecular complexity index is 578. The molecule has 1 aliphatic heterocycles. The molecule has 0 radical (unpaired) electrons. The van der Waals surface area contributed by atoms with E-state index in [-0.39, 0.29) is 11.9 Å². The zero-order chi connectivity index (χ0) is 17.8. The van der Waals surface area contributed by atoms with Crippen molar-refractivity contribution < 1.29 is 4.79 Å². The summed E-state index contributed by atoms with van der Waals surface area (Å²) in [6.45, 7) is 10.5. The molecule has 1 atom stereocenters. The van der Waals surface area contributed by atoms with E-state index < -0.39 is 0 Å². The lowest BCUT2D eigenvalue weighted by atomic mass is 9.87. The van der Waals surface area contributed by atoms with Gasteiger partial charge in [0.05, 0.1) is 12.6 Å². The summed E-state index contributed by atoms with van der Waals surface area (Å²) >= 11 is 0. The van der Waals surface area contributed by atoms with Crippen molar-refractivity contribution in [1.29, 1.82) is 0 Å². The molecule has 3 rings (SSSR count). The summed E-state index contributed by atoms with van der Waals surface area (Å²) in [4.78, 5) is 19.7. The van der Waals surface area contributed by atoms with Crippen LogP contribution in [0.2, 0.25) is 0 Å². The number of aryl methyl sites for hydroxylation is 1. The van der Waals surface area contributed by atoms with Gasteiger partial charge in [0.2, 0.25) is 5.91 Å². The van der Waals surface area contributed by atoms with Crippen molar-refractivity contribution in [3.05, 3.63) is 35.4 Å². The molecular formula is C21H33N3O. The summed E-state index contributed by atoms with van der Waals surface area (Å²) < 4.78 is 0. The monoisotopic (exact) mass is 343 g/mol. The SMILES string of the molecule is CC(C)CN1CCN(CC(=O)N(C)C2CCCc3ccccc32)CC1. The van der Waals surface area contributed by atoms with Crippen LogP contribution in [0.1, 0.15) is 43.9 Å². The number of carbonyl (C=O) groups is 1. The van der Waals surface area contributed by atoms with Gasteiger partial charge in [-0.25, -0.2) is 0 Å².